The molecule has 0 unspecified atom stereocenters. The maximum Gasteiger partial charge on any atom is -0.0133 e. The SMILES string of the molecule is CCCCCCCCCCCCCCC1=CC=CC1. The molecule has 0 fully saturated rings. The Morgan fingerprint density at radius 3 is 1.74 bits per heavy atom. The van der Waals surface area contributed by atoms with Gasteiger partial charge in [-0.1, -0.05) is 101 Å². The highest BCUT2D eigenvalue weighted by Crippen LogP contribution is 2.18. The van der Waals surface area contributed by atoms with Gasteiger partial charge < -0.3 is 0 Å². The molecular weight excluding hydrogens is 228 g/mol. The molecule has 0 heterocycles. The van der Waals surface area contributed by atoms with E-state index in [0.717, 1.165) is 0 Å². The van der Waals surface area contributed by atoms with Crippen LogP contribution < -0.4 is 0 Å². The minimum Gasteiger partial charge on any atom is -0.0805 e. The van der Waals surface area contributed by atoms with Gasteiger partial charge in [0.1, 0.15) is 0 Å². The Morgan fingerprint density at radius 1 is 0.737 bits per heavy atom. The van der Waals surface area contributed by atoms with Crippen LogP contribution in [0.2, 0.25) is 0 Å². The zero-order valence-electron chi connectivity index (χ0n) is 13.1. The largest absolute Gasteiger partial charge is 0.0805 e. The lowest BCUT2D eigenvalue weighted by molar-refractivity contribution is 0.543. The van der Waals surface area contributed by atoms with Gasteiger partial charge in [0.15, 0.2) is 0 Å². The number of allylic oxidation sites excluding steroid dienone is 4. The highest BCUT2D eigenvalue weighted by atomic mass is 14.0. The topological polar surface area (TPSA) is 0 Å². The lowest BCUT2D eigenvalue weighted by Gasteiger charge is -2.03. The van der Waals surface area contributed by atoms with Crippen molar-refractivity contribution in [1.82, 2.24) is 0 Å². The second kappa shape index (κ2) is 12.5. The summed E-state index contributed by atoms with van der Waals surface area (Å²) in [4.78, 5) is 0. The summed E-state index contributed by atoms with van der Waals surface area (Å²) >= 11 is 0. The predicted molar refractivity (Wildman–Crippen MR) is 87.5 cm³/mol. The summed E-state index contributed by atoms with van der Waals surface area (Å²) in [5.41, 5.74) is 1.65. The van der Waals surface area contributed by atoms with E-state index < -0.39 is 0 Å². The Kier molecular flexibility index (Phi) is 10.9. The van der Waals surface area contributed by atoms with Crippen molar-refractivity contribution in [1.29, 1.82) is 0 Å². The van der Waals surface area contributed by atoms with Crippen LogP contribution in [0, 0.1) is 0 Å². The highest BCUT2D eigenvalue weighted by Gasteiger charge is 1.99. The van der Waals surface area contributed by atoms with Crippen molar-refractivity contribution in [3.05, 3.63) is 23.8 Å². The molecule has 0 atom stereocenters. The smallest absolute Gasteiger partial charge is 0.0133 e. The van der Waals surface area contributed by atoms with Crippen molar-refractivity contribution in [2.75, 3.05) is 0 Å². The van der Waals surface area contributed by atoms with Gasteiger partial charge in [-0.05, 0) is 19.3 Å². The van der Waals surface area contributed by atoms with Crippen LogP contribution in [0.25, 0.3) is 0 Å². The number of rotatable bonds is 13. The second-order valence-corrected chi connectivity index (χ2v) is 6.10. The third kappa shape index (κ3) is 9.99. The molecule has 0 nitrogen and oxygen atoms in total. The monoisotopic (exact) mass is 262 g/mol. The highest BCUT2D eigenvalue weighted by molar-refractivity contribution is 5.22. The molecule has 0 spiro atoms. The molecule has 0 aromatic heterocycles. The van der Waals surface area contributed by atoms with Crippen molar-refractivity contribution in [2.24, 2.45) is 0 Å². The van der Waals surface area contributed by atoms with Crippen LogP contribution in [0.15, 0.2) is 23.8 Å². The van der Waals surface area contributed by atoms with Crippen LogP contribution in [-0.4, -0.2) is 0 Å². The Labute approximate surface area is 121 Å². The lowest BCUT2D eigenvalue weighted by Crippen LogP contribution is -1.84. The van der Waals surface area contributed by atoms with Crippen LogP contribution in [0.3, 0.4) is 0 Å². The molecule has 1 rings (SSSR count). The fraction of sp³-hybridized carbons (Fsp3) is 0.789. The molecule has 0 amide bonds. The third-order valence-corrected chi connectivity index (χ3v) is 4.20. The van der Waals surface area contributed by atoms with Crippen molar-refractivity contribution in [3.8, 4) is 0 Å². The third-order valence-electron chi connectivity index (χ3n) is 4.20. The van der Waals surface area contributed by atoms with E-state index in [2.05, 4.69) is 25.2 Å². The first kappa shape index (κ1) is 16.5. The fourth-order valence-corrected chi connectivity index (χ4v) is 2.87. The van der Waals surface area contributed by atoms with E-state index in [9.17, 15) is 0 Å². The molecule has 0 saturated carbocycles. The van der Waals surface area contributed by atoms with Crippen LogP contribution in [0.4, 0.5) is 0 Å². The molecule has 110 valence electrons. The second-order valence-electron chi connectivity index (χ2n) is 6.10. The zero-order valence-corrected chi connectivity index (χ0v) is 13.1. The molecular formula is C19H34. The fourth-order valence-electron chi connectivity index (χ4n) is 2.87. The minimum atomic E-state index is 1.22. The number of unbranched alkanes of at least 4 members (excludes halogenated alkanes) is 11. The van der Waals surface area contributed by atoms with Gasteiger partial charge in [0, 0.05) is 0 Å². The van der Waals surface area contributed by atoms with Crippen LogP contribution in [0.5, 0.6) is 0 Å². The Hall–Kier alpha value is -0.520. The molecule has 0 aliphatic heterocycles. The van der Waals surface area contributed by atoms with E-state index in [1.807, 2.05) is 0 Å². The molecule has 0 saturated heterocycles. The standard InChI is InChI=1S/C19H34/c1-2-3-4-5-6-7-8-9-10-11-12-13-16-19-17-14-15-18-19/h14-15,17H,2-13,16,18H2,1H3. The molecule has 0 radical (unpaired) electrons. The average molecular weight is 262 g/mol. The van der Waals surface area contributed by atoms with Gasteiger partial charge >= 0.3 is 0 Å². The molecule has 1 aliphatic rings. The van der Waals surface area contributed by atoms with Gasteiger partial charge in [-0.3, -0.25) is 0 Å². The predicted octanol–water partition coefficient (Wildman–Crippen LogP) is 6.96. The quantitative estimate of drug-likeness (QED) is 0.315. The van der Waals surface area contributed by atoms with Crippen molar-refractivity contribution in [3.63, 3.8) is 0 Å². The first-order valence-electron chi connectivity index (χ1n) is 8.78. The van der Waals surface area contributed by atoms with Crippen molar-refractivity contribution >= 4 is 0 Å². The van der Waals surface area contributed by atoms with Crippen LogP contribution in [-0.2, 0) is 0 Å². The normalized spacial score (nSPS) is 14.1. The minimum absolute atomic E-state index is 1.22. The van der Waals surface area contributed by atoms with Gasteiger partial charge in [-0.25, -0.2) is 0 Å². The number of hydrogen-bond acceptors (Lipinski definition) is 0. The van der Waals surface area contributed by atoms with E-state index in [1.54, 1.807) is 5.57 Å². The van der Waals surface area contributed by atoms with E-state index in [1.165, 1.54) is 89.9 Å². The van der Waals surface area contributed by atoms with Gasteiger partial charge in [0.2, 0.25) is 0 Å². The maximum atomic E-state index is 2.30. The van der Waals surface area contributed by atoms with Crippen molar-refractivity contribution < 1.29 is 0 Å². The first-order valence-corrected chi connectivity index (χ1v) is 8.78. The molecule has 0 aromatic rings. The maximum absolute atomic E-state index is 2.30. The lowest BCUT2D eigenvalue weighted by atomic mass is 10.0. The molecule has 0 bridgehead atoms. The van der Waals surface area contributed by atoms with E-state index in [4.69, 9.17) is 0 Å². The summed E-state index contributed by atoms with van der Waals surface area (Å²) < 4.78 is 0. The average Bonchev–Trinajstić information content (AvgIpc) is 2.93. The Balaban J connectivity index is 1.69. The molecule has 0 aromatic carbocycles. The van der Waals surface area contributed by atoms with Gasteiger partial charge in [-0.15, -0.1) is 0 Å². The van der Waals surface area contributed by atoms with E-state index >= 15 is 0 Å². The van der Waals surface area contributed by atoms with Gasteiger partial charge in [0.05, 0.1) is 0 Å². The summed E-state index contributed by atoms with van der Waals surface area (Å²) in [5.74, 6) is 0. The van der Waals surface area contributed by atoms with Gasteiger partial charge in [-0.2, -0.15) is 0 Å². The van der Waals surface area contributed by atoms with Crippen LogP contribution >= 0.6 is 0 Å². The first-order chi connectivity index (χ1) is 9.43. The summed E-state index contributed by atoms with van der Waals surface area (Å²) in [6, 6.07) is 0. The summed E-state index contributed by atoms with van der Waals surface area (Å²) in [7, 11) is 0. The molecule has 0 heteroatoms. The van der Waals surface area contributed by atoms with Crippen molar-refractivity contribution in [2.45, 2.75) is 96.8 Å². The molecule has 1 aliphatic carbocycles. The summed E-state index contributed by atoms with van der Waals surface area (Å²) in [5, 5.41) is 0. The summed E-state index contributed by atoms with van der Waals surface area (Å²) in [6.45, 7) is 2.29. The Bertz CT molecular complexity index is 247. The zero-order chi connectivity index (χ0) is 13.6. The molecule has 19 heavy (non-hydrogen) atoms. The number of hydrogen-bond donors (Lipinski definition) is 0. The van der Waals surface area contributed by atoms with Gasteiger partial charge in [0.25, 0.3) is 0 Å². The molecule has 0 N–H and O–H groups in total. The van der Waals surface area contributed by atoms with Crippen LogP contribution in [0.1, 0.15) is 96.8 Å². The summed E-state index contributed by atoms with van der Waals surface area (Å²) in [6.07, 6.45) is 26.7. The van der Waals surface area contributed by atoms with E-state index in [0.29, 0.717) is 0 Å². The van der Waals surface area contributed by atoms with E-state index in [-0.39, 0.29) is 0 Å². The Morgan fingerprint density at radius 2 is 1.26 bits per heavy atom.